The predicted molar refractivity (Wildman–Crippen MR) is 107 cm³/mol. The number of hydrogen-bond acceptors (Lipinski definition) is 4. The molecule has 0 saturated heterocycles. The van der Waals surface area contributed by atoms with Gasteiger partial charge in [0, 0.05) is 0 Å². The van der Waals surface area contributed by atoms with E-state index in [0.717, 1.165) is 19.5 Å². The van der Waals surface area contributed by atoms with E-state index in [1.807, 2.05) is 6.20 Å². The summed E-state index contributed by atoms with van der Waals surface area (Å²) in [4.78, 5) is 4.81. The molecule has 2 heterocycles. The van der Waals surface area contributed by atoms with Crippen LogP contribution in [0.1, 0.15) is 55.0 Å². The van der Waals surface area contributed by atoms with Gasteiger partial charge < -0.3 is 0 Å². The number of alkyl halides is 1. The van der Waals surface area contributed by atoms with Gasteiger partial charge in [0.15, 0.2) is 0 Å². The number of pyridine rings is 1. The molecule has 146 valence electrons. The van der Waals surface area contributed by atoms with Crippen molar-refractivity contribution in [3.63, 3.8) is 0 Å². The number of benzene rings is 1. The van der Waals surface area contributed by atoms with Gasteiger partial charge in [-0.05, 0) is 0 Å². The molecule has 3 N–H and O–H groups in total. The second-order valence-electron chi connectivity index (χ2n) is 7.48. The second-order valence-corrected chi connectivity index (χ2v) is 10.8. The average Bonchev–Trinajstić information content (AvgIpc) is 2.73. The van der Waals surface area contributed by atoms with Crippen molar-refractivity contribution < 1.29 is 21.5 Å². The maximum absolute atomic E-state index is 5.77. The zero-order valence-electron chi connectivity index (χ0n) is 15.9. The molecule has 4 rings (SSSR count). The predicted octanol–water partition coefficient (Wildman–Crippen LogP) is 0.888. The first kappa shape index (κ1) is 19.2. The van der Waals surface area contributed by atoms with E-state index in [2.05, 4.69) is 44.8 Å². The van der Waals surface area contributed by atoms with Crippen LogP contribution >= 0.6 is 0 Å². The standard InChI is InChI=1S/C22H30IN4/c24-14-3-4-16-27(20-11-5-8-18-9-6-15-25-22(18)20)23-21-13-12-17-7-1-2-10-19(17)26-21/h1-2,6-7,9-10,15,20-21,26H,3-5,8,11-14,16,24H2/q-1/t20-,21-/m0/s1. The Bertz CT molecular complexity index is 751. The zero-order chi connectivity index (χ0) is 18.5. The number of hydrogen-bond donors (Lipinski definition) is 2. The van der Waals surface area contributed by atoms with Crippen LogP contribution in [0.15, 0.2) is 42.6 Å². The van der Waals surface area contributed by atoms with Gasteiger partial charge in [-0.15, -0.1) is 0 Å². The summed E-state index contributed by atoms with van der Waals surface area (Å²) < 4.78 is 3.41. The SMILES string of the molecule is NCCCCN([I-][C@@H]1CCc2ccccc2N1)[C@H]1CCCc2cccnc21. The Kier molecular flexibility index (Phi) is 6.63. The summed E-state index contributed by atoms with van der Waals surface area (Å²) in [5, 5.41) is 3.84. The Morgan fingerprint density at radius 1 is 1.07 bits per heavy atom. The minimum absolute atomic E-state index is 0.116. The normalized spacial score (nSPS) is 21.6. The number of nitrogens with zero attached hydrogens (tertiary/aromatic N) is 2. The Morgan fingerprint density at radius 2 is 1.96 bits per heavy atom. The fraction of sp³-hybridized carbons (Fsp3) is 0.500. The third-order valence-electron chi connectivity index (χ3n) is 5.57. The molecule has 0 saturated carbocycles. The number of aromatic nitrogens is 1. The van der Waals surface area contributed by atoms with Crippen LogP contribution in [0.25, 0.3) is 0 Å². The Morgan fingerprint density at radius 3 is 2.89 bits per heavy atom. The molecule has 4 nitrogen and oxygen atoms in total. The summed E-state index contributed by atoms with van der Waals surface area (Å²) in [6.45, 7) is 1.95. The van der Waals surface area contributed by atoms with Crippen molar-refractivity contribution in [1.29, 1.82) is 0 Å². The number of anilines is 1. The van der Waals surface area contributed by atoms with Crippen LogP contribution in [0.3, 0.4) is 0 Å². The van der Waals surface area contributed by atoms with Gasteiger partial charge in [0.1, 0.15) is 0 Å². The fourth-order valence-electron chi connectivity index (χ4n) is 4.16. The number of unbranched alkanes of at least 4 members (excludes halogenated alkanes) is 1. The molecular weight excluding hydrogens is 447 g/mol. The summed E-state index contributed by atoms with van der Waals surface area (Å²) in [5.74, 6) is 0. The van der Waals surface area contributed by atoms with E-state index in [1.165, 1.54) is 61.0 Å². The Balaban J connectivity index is 1.50. The van der Waals surface area contributed by atoms with Crippen LogP contribution in [-0.4, -0.2) is 25.2 Å². The molecule has 2 atom stereocenters. The molecular formula is C22H30IN4-. The molecule has 2 aromatic rings. The zero-order valence-corrected chi connectivity index (χ0v) is 18.1. The minimum atomic E-state index is -0.116. The van der Waals surface area contributed by atoms with Crippen molar-refractivity contribution in [2.45, 2.75) is 55.0 Å². The van der Waals surface area contributed by atoms with E-state index >= 15 is 0 Å². The first-order valence-corrected chi connectivity index (χ1v) is 12.4. The van der Waals surface area contributed by atoms with Crippen molar-refractivity contribution in [1.82, 2.24) is 8.10 Å². The van der Waals surface area contributed by atoms with Gasteiger partial charge >= 0.3 is 174 Å². The van der Waals surface area contributed by atoms with Crippen molar-refractivity contribution in [2.24, 2.45) is 5.73 Å². The monoisotopic (exact) mass is 477 g/mol. The van der Waals surface area contributed by atoms with Gasteiger partial charge in [-0.25, -0.2) is 0 Å². The summed E-state index contributed by atoms with van der Waals surface area (Å²) >= 11 is -0.116. The van der Waals surface area contributed by atoms with E-state index < -0.39 is 0 Å². The molecule has 1 aliphatic heterocycles. The molecule has 1 aliphatic carbocycles. The van der Waals surface area contributed by atoms with E-state index in [1.54, 1.807) is 0 Å². The van der Waals surface area contributed by atoms with Crippen LogP contribution < -0.4 is 32.5 Å². The Labute approximate surface area is 173 Å². The summed E-state index contributed by atoms with van der Waals surface area (Å²) in [5.41, 5.74) is 11.4. The Hall–Kier alpha value is -1.18. The first-order chi connectivity index (χ1) is 13.3. The molecule has 1 aromatic carbocycles. The van der Waals surface area contributed by atoms with E-state index in [9.17, 15) is 0 Å². The number of aryl methyl sites for hydroxylation is 2. The number of nitrogens with one attached hydrogen (secondary N) is 1. The number of para-hydroxylation sites is 1. The summed E-state index contributed by atoms with van der Waals surface area (Å²) in [6.07, 6.45) is 10.4. The molecule has 27 heavy (non-hydrogen) atoms. The van der Waals surface area contributed by atoms with Crippen LogP contribution in [0.2, 0.25) is 0 Å². The van der Waals surface area contributed by atoms with Gasteiger partial charge in [-0.1, -0.05) is 0 Å². The van der Waals surface area contributed by atoms with Gasteiger partial charge in [0.05, 0.1) is 0 Å². The topological polar surface area (TPSA) is 54.2 Å². The van der Waals surface area contributed by atoms with Crippen LogP contribution in [0, 0.1) is 0 Å². The third-order valence-corrected chi connectivity index (χ3v) is 9.05. The third kappa shape index (κ3) is 4.63. The van der Waals surface area contributed by atoms with Gasteiger partial charge in [-0.3, -0.25) is 0 Å². The van der Waals surface area contributed by atoms with E-state index in [4.69, 9.17) is 10.7 Å². The van der Waals surface area contributed by atoms with Crippen molar-refractivity contribution in [2.75, 3.05) is 18.4 Å². The number of rotatable bonds is 7. The quantitative estimate of drug-likeness (QED) is 0.205. The molecule has 0 spiro atoms. The van der Waals surface area contributed by atoms with Crippen molar-refractivity contribution in [3.8, 4) is 0 Å². The molecule has 2 aliphatic rings. The van der Waals surface area contributed by atoms with Crippen molar-refractivity contribution >= 4 is 5.69 Å². The fourth-order valence-corrected chi connectivity index (χ4v) is 7.64. The number of halogens is 1. The van der Waals surface area contributed by atoms with Crippen LogP contribution in [0.4, 0.5) is 5.69 Å². The number of nitrogens with two attached hydrogens (primary N) is 1. The number of fused-ring (bicyclic) bond motifs is 2. The molecule has 0 amide bonds. The van der Waals surface area contributed by atoms with Gasteiger partial charge in [0.25, 0.3) is 0 Å². The summed E-state index contributed by atoms with van der Waals surface area (Å²) in [7, 11) is 0. The first-order valence-electron chi connectivity index (χ1n) is 10.2. The molecule has 1 aromatic heterocycles. The van der Waals surface area contributed by atoms with Gasteiger partial charge in [0.2, 0.25) is 0 Å². The van der Waals surface area contributed by atoms with E-state index in [-0.39, 0.29) is 21.5 Å². The molecule has 0 unspecified atom stereocenters. The molecule has 0 fully saturated rings. The second kappa shape index (κ2) is 9.34. The van der Waals surface area contributed by atoms with E-state index in [0.29, 0.717) is 10.1 Å². The average molecular weight is 477 g/mol. The van der Waals surface area contributed by atoms with Crippen LogP contribution in [0.5, 0.6) is 0 Å². The maximum atomic E-state index is 5.77. The van der Waals surface area contributed by atoms with Crippen molar-refractivity contribution in [3.05, 3.63) is 59.4 Å². The summed E-state index contributed by atoms with van der Waals surface area (Å²) in [6, 6.07) is 13.7. The molecule has 5 heteroatoms. The molecule has 0 bridgehead atoms. The molecule has 0 radical (unpaired) electrons. The van der Waals surface area contributed by atoms with Gasteiger partial charge in [-0.2, -0.15) is 0 Å². The van der Waals surface area contributed by atoms with Crippen LogP contribution in [-0.2, 0) is 12.8 Å².